The molecule has 1 aromatic heterocycles. The normalized spacial score (nSPS) is 10.2. The first-order chi connectivity index (χ1) is 9.01. The van der Waals surface area contributed by atoms with E-state index < -0.39 is 16.6 Å². The van der Waals surface area contributed by atoms with E-state index in [1.165, 1.54) is 23.0 Å². The van der Waals surface area contributed by atoms with Crippen LogP contribution in [0.2, 0.25) is 5.02 Å². The van der Waals surface area contributed by atoms with Crippen molar-refractivity contribution in [3.8, 4) is 6.07 Å². The maximum absolute atomic E-state index is 13.1. The van der Waals surface area contributed by atoms with E-state index in [4.69, 9.17) is 16.9 Å². The van der Waals surface area contributed by atoms with Crippen molar-refractivity contribution in [2.75, 3.05) is 0 Å². The summed E-state index contributed by atoms with van der Waals surface area (Å²) in [5, 5.41) is 22.9. The van der Waals surface area contributed by atoms with Gasteiger partial charge in [-0.25, -0.2) is 4.39 Å². The molecule has 0 spiro atoms. The third-order valence-corrected chi connectivity index (χ3v) is 2.63. The molecule has 0 unspecified atom stereocenters. The molecule has 19 heavy (non-hydrogen) atoms. The summed E-state index contributed by atoms with van der Waals surface area (Å²) in [4.78, 5) is 9.89. The van der Waals surface area contributed by atoms with Crippen molar-refractivity contribution in [2.24, 2.45) is 0 Å². The van der Waals surface area contributed by atoms with Gasteiger partial charge in [-0.3, -0.25) is 0 Å². The van der Waals surface area contributed by atoms with Crippen molar-refractivity contribution in [2.45, 2.75) is 6.54 Å². The fourth-order valence-corrected chi connectivity index (χ4v) is 1.75. The summed E-state index contributed by atoms with van der Waals surface area (Å²) in [5.74, 6) is -1.06. The van der Waals surface area contributed by atoms with Crippen molar-refractivity contribution in [3.05, 3.63) is 56.5 Å². The summed E-state index contributed by atoms with van der Waals surface area (Å²) in [5.41, 5.74) is 0.497. The second kappa shape index (κ2) is 5.04. The van der Waals surface area contributed by atoms with Crippen LogP contribution in [0.4, 0.5) is 10.2 Å². The van der Waals surface area contributed by atoms with Crippen LogP contribution in [0.15, 0.2) is 24.4 Å². The third kappa shape index (κ3) is 2.69. The lowest BCUT2D eigenvalue weighted by molar-refractivity contribution is -0.389. The summed E-state index contributed by atoms with van der Waals surface area (Å²) < 4.78 is 14.4. The van der Waals surface area contributed by atoms with Crippen molar-refractivity contribution >= 4 is 17.4 Å². The molecule has 1 heterocycles. The Morgan fingerprint density at radius 3 is 2.89 bits per heavy atom. The second-order valence-electron chi connectivity index (χ2n) is 3.68. The first-order valence-electron chi connectivity index (χ1n) is 5.07. The molecule has 8 heteroatoms. The van der Waals surface area contributed by atoms with Crippen molar-refractivity contribution in [3.63, 3.8) is 0 Å². The average molecular weight is 281 g/mol. The smallest absolute Gasteiger partial charge is 0.358 e. The van der Waals surface area contributed by atoms with Gasteiger partial charge >= 0.3 is 5.82 Å². The van der Waals surface area contributed by atoms with Gasteiger partial charge in [-0.05, 0) is 22.6 Å². The van der Waals surface area contributed by atoms with Gasteiger partial charge in [-0.15, -0.1) is 0 Å². The summed E-state index contributed by atoms with van der Waals surface area (Å²) in [7, 11) is 0. The SMILES string of the molecule is N#Cc1cc(Cn2cc(Cl)c([N+](=O)[O-])n2)ccc1F. The van der Waals surface area contributed by atoms with Gasteiger partial charge in [0, 0.05) is 0 Å². The fourth-order valence-electron chi connectivity index (χ4n) is 1.54. The largest absolute Gasteiger partial charge is 0.408 e. The fraction of sp³-hybridized carbons (Fsp3) is 0.0909. The van der Waals surface area contributed by atoms with Gasteiger partial charge in [-0.2, -0.15) is 9.94 Å². The molecule has 2 rings (SSSR count). The predicted octanol–water partition coefficient (Wildman–Crippen LogP) is 2.50. The van der Waals surface area contributed by atoms with Crippen LogP contribution in [0.3, 0.4) is 0 Å². The number of hydrogen-bond donors (Lipinski definition) is 0. The lowest BCUT2D eigenvalue weighted by Gasteiger charge is -2.00. The number of halogens is 2. The lowest BCUT2D eigenvalue weighted by atomic mass is 10.1. The highest BCUT2D eigenvalue weighted by molar-refractivity contribution is 6.32. The van der Waals surface area contributed by atoms with Crippen LogP contribution in [0, 0.1) is 27.3 Å². The maximum Gasteiger partial charge on any atom is 0.408 e. The molecule has 0 aliphatic carbocycles. The van der Waals surface area contributed by atoms with E-state index >= 15 is 0 Å². The highest BCUT2D eigenvalue weighted by atomic mass is 35.5. The van der Waals surface area contributed by atoms with E-state index in [0.29, 0.717) is 5.56 Å². The number of nitriles is 1. The van der Waals surface area contributed by atoms with Crippen LogP contribution in [0.5, 0.6) is 0 Å². The molecule has 0 aliphatic heterocycles. The minimum Gasteiger partial charge on any atom is -0.358 e. The van der Waals surface area contributed by atoms with E-state index in [2.05, 4.69) is 5.10 Å². The zero-order valence-corrected chi connectivity index (χ0v) is 10.1. The quantitative estimate of drug-likeness (QED) is 0.638. The maximum atomic E-state index is 13.1. The molecular weight excluding hydrogens is 275 g/mol. The molecule has 1 aromatic carbocycles. The van der Waals surface area contributed by atoms with Crippen LogP contribution in [0.1, 0.15) is 11.1 Å². The minimum absolute atomic E-state index is 0.0763. The molecule has 0 atom stereocenters. The molecule has 0 amide bonds. The molecule has 0 saturated carbocycles. The molecule has 0 radical (unpaired) electrons. The Morgan fingerprint density at radius 1 is 1.58 bits per heavy atom. The van der Waals surface area contributed by atoms with E-state index in [-0.39, 0.29) is 17.1 Å². The molecule has 0 saturated heterocycles. The van der Waals surface area contributed by atoms with Crippen LogP contribution in [-0.2, 0) is 6.54 Å². The van der Waals surface area contributed by atoms with Gasteiger partial charge in [0.1, 0.15) is 11.9 Å². The highest BCUT2D eigenvalue weighted by Gasteiger charge is 2.19. The Kier molecular flexibility index (Phi) is 3.44. The van der Waals surface area contributed by atoms with Crippen LogP contribution in [0.25, 0.3) is 0 Å². The number of rotatable bonds is 3. The second-order valence-corrected chi connectivity index (χ2v) is 4.09. The monoisotopic (exact) mass is 280 g/mol. The number of hydrogen-bond acceptors (Lipinski definition) is 4. The number of nitrogens with zero attached hydrogens (tertiary/aromatic N) is 4. The molecule has 0 aliphatic rings. The van der Waals surface area contributed by atoms with Gasteiger partial charge in [0.15, 0.2) is 5.02 Å². The van der Waals surface area contributed by atoms with E-state index in [1.54, 1.807) is 6.07 Å². The van der Waals surface area contributed by atoms with Gasteiger partial charge in [0.25, 0.3) is 0 Å². The zero-order chi connectivity index (χ0) is 14.0. The Bertz CT molecular complexity index is 692. The Balaban J connectivity index is 2.29. The minimum atomic E-state index is -0.690. The summed E-state index contributed by atoms with van der Waals surface area (Å²) in [6, 6.07) is 5.71. The number of aromatic nitrogens is 2. The van der Waals surface area contributed by atoms with Gasteiger partial charge in [-0.1, -0.05) is 17.7 Å². The molecule has 2 aromatic rings. The predicted molar refractivity (Wildman–Crippen MR) is 64.1 cm³/mol. The Morgan fingerprint density at radius 2 is 2.32 bits per heavy atom. The van der Waals surface area contributed by atoms with E-state index in [1.807, 2.05) is 0 Å². The van der Waals surface area contributed by atoms with Crippen molar-refractivity contribution < 1.29 is 9.31 Å². The molecule has 6 nitrogen and oxygen atoms in total. The Hall–Kier alpha value is -2.46. The third-order valence-electron chi connectivity index (χ3n) is 2.37. The summed E-state index contributed by atoms with van der Waals surface area (Å²) >= 11 is 5.65. The standard InChI is InChI=1S/C11H6ClFN4O2/c12-9-6-16(15-11(9)17(18)19)5-7-1-2-10(13)8(3-7)4-14/h1-3,6H,5H2. The highest BCUT2D eigenvalue weighted by Crippen LogP contribution is 2.22. The van der Waals surface area contributed by atoms with E-state index in [0.717, 1.165) is 6.07 Å². The summed E-state index contributed by atoms with van der Waals surface area (Å²) in [6.45, 7) is 0.155. The average Bonchev–Trinajstić information content (AvgIpc) is 2.73. The van der Waals surface area contributed by atoms with Gasteiger partial charge < -0.3 is 10.1 Å². The van der Waals surface area contributed by atoms with Crippen LogP contribution in [-0.4, -0.2) is 14.7 Å². The molecule has 0 bridgehead atoms. The van der Waals surface area contributed by atoms with Crippen molar-refractivity contribution in [1.82, 2.24) is 9.78 Å². The van der Waals surface area contributed by atoms with Crippen LogP contribution >= 0.6 is 11.6 Å². The Labute approximate surface area is 111 Å². The topological polar surface area (TPSA) is 84.8 Å². The molecule has 0 fully saturated rings. The summed E-state index contributed by atoms with van der Waals surface area (Å²) in [6.07, 6.45) is 1.30. The zero-order valence-electron chi connectivity index (χ0n) is 9.38. The first kappa shape index (κ1) is 13.0. The molecule has 96 valence electrons. The van der Waals surface area contributed by atoms with Crippen LogP contribution < -0.4 is 0 Å². The molecule has 0 N–H and O–H groups in total. The van der Waals surface area contributed by atoms with Gasteiger partial charge in [0.05, 0.1) is 23.4 Å². The van der Waals surface area contributed by atoms with E-state index in [9.17, 15) is 14.5 Å². The van der Waals surface area contributed by atoms with Crippen molar-refractivity contribution in [1.29, 1.82) is 5.26 Å². The molecular formula is C11H6ClFN4O2. The first-order valence-corrected chi connectivity index (χ1v) is 5.45. The number of nitro groups is 1. The number of benzene rings is 1. The van der Waals surface area contributed by atoms with Gasteiger partial charge in [0.2, 0.25) is 0 Å². The lowest BCUT2D eigenvalue weighted by Crippen LogP contribution is -2.02.